The maximum Gasteiger partial charge on any atom is 0.214 e. The molecule has 0 spiro atoms. The number of benzene rings is 3. The minimum atomic E-state index is -1.99. The van der Waals surface area contributed by atoms with Gasteiger partial charge in [0.1, 0.15) is 0 Å². The molecule has 1 aliphatic carbocycles. The number of hydrogen-bond acceptors (Lipinski definition) is 1. The normalized spacial score (nSPS) is 19.7. The highest BCUT2D eigenvalue weighted by Gasteiger charge is 2.52. The molecule has 3 aromatic carbocycles. The van der Waals surface area contributed by atoms with Crippen molar-refractivity contribution in [2.75, 3.05) is 0 Å². The number of halogens is 7. The zero-order valence-corrected chi connectivity index (χ0v) is 22.6. The van der Waals surface area contributed by atoms with E-state index in [1.54, 1.807) is 54.6 Å². The molecule has 1 nitrogen and oxygen atoms in total. The van der Waals surface area contributed by atoms with E-state index in [0.29, 0.717) is 15.6 Å². The van der Waals surface area contributed by atoms with Crippen LogP contribution >= 0.6 is 81.2 Å². The average Bonchev–Trinajstić information content (AvgIpc) is 2.80. The summed E-state index contributed by atoms with van der Waals surface area (Å²) in [7, 11) is 0. The molecule has 2 unspecified atom stereocenters. The van der Waals surface area contributed by atoms with Gasteiger partial charge in [-0.2, -0.15) is 0 Å². The molecule has 8 heteroatoms. The van der Waals surface area contributed by atoms with Crippen molar-refractivity contribution in [3.05, 3.63) is 129 Å². The fourth-order valence-electron chi connectivity index (χ4n) is 4.26. The van der Waals surface area contributed by atoms with Crippen molar-refractivity contribution in [2.45, 2.75) is 19.6 Å². The lowest BCUT2D eigenvalue weighted by molar-refractivity contribution is 0.169. The number of hydrogen-bond donors (Lipinski definition) is 1. The van der Waals surface area contributed by atoms with Gasteiger partial charge >= 0.3 is 0 Å². The first-order valence-corrected chi connectivity index (χ1v) is 12.8. The van der Waals surface area contributed by atoms with E-state index in [9.17, 15) is 5.11 Å². The van der Waals surface area contributed by atoms with E-state index in [4.69, 9.17) is 81.2 Å². The third-order valence-corrected chi connectivity index (χ3v) is 8.02. The molecule has 3 aromatic rings. The number of allylic oxidation sites excluding steroid dienone is 2. The van der Waals surface area contributed by atoms with Crippen LogP contribution in [0.4, 0.5) is 0 Å². The third kappa shape index (κ3) is 4.75. The van der Waals surface area contributed by atoms with Crippen LogP contribution in [0.5, 0.6) is 0 Å². The lowest BCUT2D eigenvalue weighted by Gasteiger charge is -2.44. The number of aliphatic hydroxyl groups is 1. The largest absolute Gasteiger partial charge is 0.367 e. The van der Waals surface area contributed by atoms with Crippen LogP contribution in [0.3, 0.4) is 0 Å². The van der Waals surface area contributed by atoms with E-state index in [1.807, 2.05) is 36.4 Å². The highest BCUT2D eigenvalue weighted by Crippen LogP contribution is 2.55. The molecule has 0 radical (unpaired) electrons. The zero-order valence-electron chi connectivity index (χ0n) is 17.3. The van der Waals surface area contributed by atoms with Crippen LogP contribution < -0.4 is 0 Å². The van der Waals surface area contributed by atoms with Gasteiger partial charge in [-0.05, 0) is 35.4 Å². The molecule has 0 saturated heterocycles. The van der Waals surface area contributed by atoms with Gasteiger partial charge in [-0.15, -0.1) is 11.6 Å². The van der Waals surface area contributed by atoms with Gasteiger partial charge in [0.05, 0.1) is 10.8 Å². The quantitative estimate of drug-likeness (QED) is 0.299. The second-order valence-electron chi connectivity index (χ2n) is 7.89. The standard InChI is InChI=1S/C26H17Cl7O/c27-19-10-6-16(7-11-19)24(17-8-12-20(28)13-9-17)15-14-21(22(23(24)29)26(31,32)33)25(30,34)18-4-2-1-3-5-18/h1-15,23,34H. The number of alkyl halides is 5. The van der Waals surface area contributed by atoms with E-state index in [0.717, 1.165) is 11.1 Å². The van der Waals surface area contributed by atoms with Crippen LogP contribution in [-0.2, 0) is 10.5 Å². The third-order valence-electron chi connectivity index (χ3n) is 5.92. The first-order chi connectivity index (χ1) is 16.0. The Balaban J connectivity index is 2.00. The Morgan fingerprint density at radius 2 is 1.18 bits per heavy atom. The van der Waals surface area contributed by atoms with Gasteiger partial charge in [-0.25, -0.2) is 0 Å². The predicted octanol–water partition coefficient (Wildman–Crippen LogP) is 9.21. The Hall–Kier alpha value is -0.870. The fourth-order valence-corrected chi connectivity index (χ4v) is 6.21. The molecular formula is C26H17Cl7O. The Morgan fingerprint density at radius 1 is 0.706 bits per heavy atom. The molecule has 0 aliphatic heterocycles. The Morgan fingerprint density at radius 3 is 1.62 bits per heavy atom. The van der Waals surface area contributed by atoms with Gasteiger partial charge in [0.15, 0.2) is 5.06 Å². The first kappa shape index (κ1) is 26.2. The summed E-state index contributed by atoms with van der Waals surface area (Å²) in [6, 6.07) is 23.2. The van der Waals surface area contributed by atoms with E-state index in [1.165, 1.54) is 0 Å². The Kier molecular flexibility index (Phi) is 7.62. The maximum absolute atomic E-state index is 11.4. The second kappa shape index (κ2) is 9.88. The predicted molar refractivity (Wildman–Crippen MR) is 146 cm³/mol. The molecule has 2 atom stereocenters. The molecule has 0 saturated carbocycles. The summed E-state index contributed by atoms with van der Waals surface area (Å²) in [6.45, 7) is 0. The molecule has 176 valence electrons. The van der Waals surface area contributed by atoms with Crippen molar-refractivity contribution in [2.24, 2.45) is 0 Å². The number of rotatable bonds is 4. The summed E-state index contributed by atoms with van der Waals surface area (Å²) in [5.74, 6) is 0. The maximum atomic E-state index is 11.4. The van der Waals surface area contributed by atoms with Crippen molar-refractivity contribution < 1.29 is 5.11 Å². The smallest absolute Gasteiger partial charge is 0.214 e. The summed E-state index contributed by atoms with van der Waals surface area (Å²) >= 11 is 45.7. The SMILES string of the molecule is OC(Cl)(C1=C(C(Cl)(Cl)Cl)C(Cl)C(c2ccc(Cl)cc2)(c2ccc(Cl)cc2)C=C1)c1ccccc1. The van der Waals surface area contributed by atoms with E-state index in [-0.39, 0.29) is 11.1 Å². The van der Waals surface area contributed by atoms with Crippen LogP contribution in [0.25, 0.3) is 0 Å². The van der Waals surface area contributed by atoms with Gasteiger partial charge < -0.3 is 5.11 Å². The topological polar surface area (TPSA) is 20.2 Å². The first-order valence-electron chi connectivity index (χ1n) is 10.1. The molecule has 0 heterocycles. The molecule has 0 amide bonds. The molecule has 0 fully saturated rings. The van der Waals surface area contributed by atoms with E-state index < -0.39 is 19.6 Å². The summed E-state index contributed by atoms with van der Waals surface area (Å²) < 4.78 is -1.98. The molecule has 4 rings (SSSR count). The minimum absolute atomic E-state index is 0.160. The van der Waals surface area contributed by atoms with Crippen LogP contribution in [0, 0.1) is 0 Å². The lowest BCUT2D eigenvalue weighted by atomic mass is 9.66. The minimum Gasteiger partial charge on any atom is -0.367 e. The van der Waals surface area contributed by atoms with Gasteiger partial charge in [0.25, 0.3) is 0 Å². The molecule has 0 aromatic heterocycles. The highest BCUT2D eigenvalue weighted by molar-refractivity contribution is 6.70. The Bertz CT molecular complexity index is 1180. The van der Waals surface area contributed by atoms with Gasteiger partial charge in [0, 0.05) is 26.8 Å². The van der Waals surface area contributed by atoms with Gasteiger partial charge in [0.2, 0.25) is 3.79 Å². The van der Waals surface area contributed by atoms with Crippen LogP contribution in [0.1, 0.15) is 16.7 Å². The summed E-state index contributed by atoms with van der Waals surface area (Å²) in [5, 5.41) is 9.63. The summed E-state index contributed by atoms with van der Waals surface area (Å²) in [4.78, 5) is 0. The Labute approximate surface area is 233 Å². The van der Waals surface area contributed by atoms with Crippen molar-refractivity contribution in [3.8, 4) is 0 Å². The van der Waals surface area contributed by atoms with Crippen LogP contribution in [-0.4, -0.2) is 14.3 Å². The van der Waals surface area contributed by atoms with Crippen LogP contribution in [0.2, 0.25) is 10.0 Å². The molecule has 1 N–H and O–H groups in total. The molecule has 1 aliphatic rings. The second-order valence-corrected chi connectivity index (χ2v) is 12.0. The highest BCUT2D eigenvalue weighted by atomic mass is 35.6. The molecule has 34 heavy (non-hydrogen) atoms. The van der Waals surface area contributed by atoms with E-state index >= 15 is 0 Å². The summed E-state index contributed by atoms with van der Waals surface area (Å²) in [6.07, 6.45) is 3.53. The van der Waals surface area contributed by atoms with Crippen molar-refractivity contribution in [3.63, 3.8) is 0 Å². The van der Waals surface area contributed by atoms with Crippen molar-refractivity contribution >= 4 is 81.2 Å². The monoisotopic (exact) mass is 590 g/mol. The van der Waals surface area contributed by atoms with Gasteiger partial charge in [-0.1, -0.05) is 136 Å². The van der Waals surface area contributed by atoms with Gasteiger partial charge in [-0.3, -0.25) is 0 Å². The van der Waals surface area contributed by atoms with Crippen LogP contribution in [0.15, 0.2) is 102 Å². The van der Waals surface area contributed by atoms with Crippen molar-refractivity contribution in [1.29, 1.82) is 0 Å². The summed E-state index contributed by atoms with van der Waals surface area (Å²) in [5.41, 5.74) is 1.39. The fraction of sp³-hybridized carbons (Fsp3) is 0.154. The molecular weight excluding hydrogens is 576 g/mol. The zero-order chi connectivity index (χ0) is 24.7. The van der Waals surface area contributed by atoms with Crippen molar-refractivity contribution in [1.82, 2.24) is 0 Å². The lowest BCUT2D eigenvalue weighted by Crippen LogP contribution is -2.44. The average molecular weight is 594 g/mol. The molecule has 0 bridgehead atoms. The van der Waals surface area contributed by atoms with E-state index in [2.05, 4.69) is 0 Å².